The molecule has 0 saturated carbocycles. The number of rotatable bonds is 65. The van der Waals surface area contributed by atoms with Gasteiger partial charge in [-0.25, -0.2) is 0 Å². The highest BCUT2D eigenvalue weighted by Gasteiger charge is 2.22. The topological polar surface area (TPSA) is 111 Å². The summed E-state index contributed by atoms with van der Waals surface area (Å²) in [5, 5.41) is 11.8. The lowest BCUT2D eigenvalue weighted by Gasteiger charge is -2.26. The molecule has 0 radical (unpaired) electrons. The number of unbranched alkanes of at least 4 members (excludes halogenated alkanes) is 34. The fourth-order valence-corrected chi connectivity index (χ4v) is 9.99. The van der Waals surface area contributed by atoms with Crippen LogP contribution in [0.1, 0.15) is 309 Å². The number of carbonyl (C=O) groups excluding carboxylic acids is 3. The monoisotopic (exact) mass is 1190 g/mol. The second kappa shape index (κ2) is 66.2. The number of allylic oxidation sites excluding steroid dienone is 16. The Bertz CT molecular complexity index is 1720. The molecule has 0 spiro atoms. The number of hydrogen-bond acceptors (Lipinski definition) is 8. The zero-order valence-corrected chi connectivity index (χ0v) is 56.0. The standard InChI is InChI=1S/C76H133NO8/c1-6-8-10-12-14-16-18-20-22-24-26-28-30-32-33-34-35-36-37-38-39-40-41-43-45-47-49-51-53-55-57-59-61-63-65-67-74(79)85-72(71-84-76(75(80)81)82-69-68-77(3,4)5)70-83-73(78)66-64-62-60-58-56-54-52-50-48-46-44-42-31-29-27-25-23-21-19-17-15-13-11-9-7-2/h8-11,14-17,20-23,26-29,72,76H,6-7,12-13,18-19,24-25,30-71H2,1-5H3/b10-8-,11-9-,16-14-,17-15-,22-20-,23-21-,28-26-,29-27-. The average molecular weight is 1190 g/mol. The highest BCUT2D eigenvalue weighted by molar-refractivity contribution is 5.70. The first-order valence-corrected chi connectivity index (χ1v) is 35.4. The SMILES string of the molecule is CC/C=C\C/C=C\C/C=C\C/C=C\CCCCCCCCCCCCCCCCCCCCCCCCC(=O)OC(COC(=O)CCCCCCCCCCCCCC/C=C\C/C=C\C/C=C\C/C=C\CC)COC(OCC[N+](C)(C)C)C(=O)[O-]. The van der Waals surface area contributed by atoms with Gasteiger partial charge in [0.1, 0.15) is 13.2 Å². The molecule has 85 heavy (non-hydrogen) atoms. The number of esters is 2. The summed E-state index contributed by atoms with van der Waals surface area (Å²) in [4.78, 5) is 37.5. The number of aliphatic carboxylic acids is 1. The molecule has 0 N–H and O–H groups in total. The highest BCUT2D eigenvalue weighted by atomic mass is 16.7. The fourth-order valence-electron chi connectivity index (χ4n) is 9.99. The second-order valence-corrected chi connectivity index (χ2v) is 24.8. The second-order valence-electron chi connectivity index (χ2n) is 24.8. The third-order valence-electron chi connectivity index (χ3n) is 15.3. The zero-order chi connectivity index (χ0) is 61.9. The van der Waals surface area contributed by atoms with E-state index in [0.717, 1.165) is 83.5 Å². The van der Waals surface area contributed by atoms with Gasteiger partial charge in [-0.05, 0) is 89.9 Å². The lowest BCUT2D eigenvalue weighted by atomic mass is 10.0. The fraction of sp³-hybridized carbons (Fsp3) is 0.750. The number of carboxylic acids is 1. The van der Waals surface area contributed by atoms with Crippen molar-refractivity contribution >= 4 is 17.9 Å². The lowest BCUT2D eigenvalue weighted by molar-refractivity contribution is -0.870. The maximum atomic E-state index is 12.9. The Kier molecular flexibility index (Phi) is 63.2. The normalized spacial score (nSPS) is 13.3. The summed E-state index contributed by atoms with van der Waals surface area (Å²) in [6.45, 7) is 4.56. The van der Waals surface area contributed by atoms with Crippen LogP contribution in [0.15, 0.2) is 97.2 Å². The summed E-state index contributed by atoms with van der Waals surface area (Å²) in [7, 11) is 5.93. The van der Waals surface area contributed by atoms with E-state index in [-0.39, 0.29) is 38.6 Å². The number of ether oxygens (including phenoxy) is 4. The van der Waals surface area contributed by atoms with E-state index in [1.54, 1.807) is 0 Å². The van der Waals surface area contributed by atoms with Gasteiger partial charge in [-0.3, -0.25) is 9.59 Å². The van der Waals surface area contributed by atoms with E-state index in [0.29, 0.717) is 17.4 Å². The van der Waals surface area contributed by atoms with Crippen LogP contribution in [0.2, 0.25) is 0 Å². The number of hydrogen-bond donors (Lipinski definition) is 0. The molecule has 9 nitrogen and oxygen atoms in total. The van der Waals surface area contributed by atoms with Crippen LogP contribution >= 0.6 is 0 Å². The van der Waals surface area contributed by atoms with Gasteiger partial charge in [0, 0.05) is 12.8 Å². The third-order valence-corrected chi connectivity index (χ3v) is 15.3. The molecule has 0 bridgehead atoms. The van der Waals surface area contributed by atoms with E-state index >= 15 is 0 Å². The van der Waals surface area contributed by atoms with Crippen molar-refractivity contribution in [3.8, 4) is 0 Å². The Morgan fingerprint density at radius 3 is 0.941 bits per heavy atom. The summed E-state index contributed by atoms with van der Waals surface area (Å²) < 4.78 is 22.8. The van der Waals surface area contributed by atoms with Crippen molar-refractivity contribution in [2.45, 2.75) is 322 Å². The molecule has 2 unspecified atom stereocenters. The first-order valence-electron chi connectivity index (χ1n) is 35.4. The zero-order valence-electron chi connectivity index (χ0n) is 56.0. The van der Waals surface area contributed by atoms with E-state index in [2.05, 4.69) is 111 Å². The van der Waals surface area contributed by atoms with Gasteiger partial charge in [0.2, 0.25) is 0 Å². The largest absolute Gasteiger partial charge is 0.545 e. The van der Waals surface area contributed by atoms with Gasteiger partial charge in [0.25, 0.3) is 0 Å². The first kappa shape index (κ1) is 81.2. The Morgan fingerprint density at radius 1 is 0.353 bits per heavy atom. The van der Waals surface area contributed by atoms with E-state index in [4.69, 9.17) is 18.9 Å². The van der Waals surface area contributed by atoms with Crippen LogP contribution in [0.3, 0.4) is 0 Å². The van der Waals surface area contributed by atoms with Gasteiger partial charge < -0.3 is 33.3 Å². The summed E-state index contributed by atoms with van der Waals surface area (Å²) in [6, 6.07) is 0. The quantitative estimate of drug-likeness (QED) is 0.0195. The molecular formula is C76H133NO8. The van der Waals surface area contributed by atoms with Crippen molar-refractivity contribution in [2.24, 2.45) is 0 Å². The number of carbonyl (C=O) groups is 3. The van der Waals surface area contributed by atoms with Crippen molar-refractivity contribution < 1.29 is 42.9 Å². The Hall–Kier alpha value is -3.79. The summed E-state index contributed by atoms with van der Waals surface area (Å²) in [5.41, 5.74) is 0. The van der Waals surface area contributed by atoms with E-state index < -0.39 is 24.3 Å². The van der Waals surface area contributed by atoms with Crippen LogP contribution in [-0.2, 0) is 33.3 Å². The summed E-state index contributed by atoms with van der Waals surface area (Å²) in [6.07, 6.45) is 87.8. The maximum Gasteiger partial charge on any atom is 0.306 e. The Labute approximate surface area is 524 Å². The van der Waals surface area contributed by atoms with Crippen LogP contribution in [0, 0.1) is 0 Å². The number of quaternary nitrogens is 1. The van der Waals surface area contributed by atoms with Crippen LogP contribution in [0.25, 0.3) is 0 Å². The van der Waals surface area contributed by atoms with Gasteiger partial charge in [-0.2, -0.15) is 0 Å². The Balaban J connectivity index is 4.06. The van der Waals surface area contributed by atoms with Crippen LogP contribution in [-0.4, -0.2) is 82.3 Å². The molecule has 0 aromatic rings. The molecule has 490 valence electrons. The van der Waals surface area contributed by atoms with Crippen molar-refractivity contribution in [1.82, 2.24) is 0 Å². The van der Waals surface area contributed by atoms with E-state index in [1.165, 1.54) is 193 Å². The van der Waals surface area contributed by atoms with Crippen molar-refractivity contribution in [3.63, 3.8) is 0 Å². The van der Waals surface area contributed by atoms with Crippen LogP contribution in [0.4, 0.5) is 0 Å². The van der Waals surface area contributed by atoms with Gasteiger partial charge in [-0.1, -0.05) is 304 Å². The molecule has 0 aromatic heterocycles. The summed E-state index contributed by atoms with van der Waals surface area (Å²) >= 11 is 0. The van der Waals surface area contributed by atoms with Crippen molar-refractivity contribution in [3.05, 3.63) is 97.2 Å². The molecule has 0 saturated heterocycles. The minimum atomic E-state index is -1.62. The number of nitrogens with zero attached hydrogens (tertiary/aromatic N) is 1. The molecule has 0 aromatic carbocycles. The molecule has 0 aliphatic rings. The number of likely N-dealkylation sites (N-methyl/N-ethyl adjacent to an activating group) is 1. The molecule has 0 aliphatic heterocycles. The third kappa shape index (κ3) is 67.6. The van der Waals surface area contributed by atoms with Crippen LogP contribution < -0.4 is 5.11 Å². The average Bonchev–Trinajstić information content (AvgIpc) is 3.48. The molecule has 0 rings (SSSR count). The molecule has 2 atom stereocenters. The molecule has 0 fully saturated rings. The highest BCUT2D eigenvalue weighted by Crippen LogP contribution is 2.18. The first-order chi connectivity index (χ1) is 41.6. The van der Waals surface area contributed by atoms with Gasteiger partial charge in [-0.15, -0.1) is 0 Å². The minimum Gasteiger partial charge on any atom is -0.545 e. The molecule has 0 aliphatic carbocycles. The van der Waals surface area contributed by atoms with E-state index in [1.807, 2.05) is 21.1 Å². The van der Waals surface area contributed by atoms with Crippen molar-refractivity contribution in [1.29, 1.82) is 0 Å². The maximum absolute atomic E-state index is 12.9. The molecule has 9 heteroatoms. The minimum absolute atomic E-state index is 0.146. The predicted octanol–water partition coefficient (Wildman–Crippen LogP) is 20.7. The lowest BCUT2D eigenvalue weighted by Crippen LogP contribution is -2.44. The van der Waals surface area contributed by atoms with Gasteiger partial charge in [0.15, 0.2) is 12.4 Å². The smallest absolute Gasteiger partial charge is 0.306 e. The molecule has 0 amide bonds. The predicted molar refractivity (Wildman–Crippen MR) is 361 cm³/mol. The van der Waals surface area contributed by atoms with Gasteiger partial charge in [0.05, 0.1) is 40.3 Å². The van der Waals surface area contributed by atoms with Crippen LogP contribution in [0.5, 0.6) is 0 Å². The molecular weight excluding hydrogens is 1050 g/mol. The van der Waals surface area contributed by atoms with Gasteiger partial charge >= 0.3 is 11.9 Å². The molecule has 0 heterocycles. The Morgan fingerprint density at radius 2 is 0.635 bits per heavy atom. The summed E-state index contributed by atoms with van der Waals surface area (Å²) in [5.74, 6) is -2.27. The van der Waals surface area contributed by atoms with Crippen molar-refractivity contribution in [2.75, 3.05) is 47.5 Å². The number of carboxylic acid groups (broad SMARTS) is 1. The van der Waals surface area contributed by atoms with E-state index in [9.17, 15) is 19.5 Å².